The molecule has 1 atom stereocenters. The topological polar surface area (TPSA) is 44.0 Å². The molecular formula is C18H10F17NO. The van der Waals surface area contributed by atoms with Crippen LogP contribution in [0.1, 0.15) is 24.5 Å². The van der Waals surface area contributed by atoms with Crippen LogP contribution in [0.2, 0.25) is 0 Å². The lowest BCUT2D eigenvalue weighted by atomic mass is 9.82. The van der Waals surface area contributed by atoms with Crippen molar-refractivity contribution in [2.24, 2.45) is 0 Å². The van der Waals surface area contributed by atoms with Crippen molar-refractivity contribution in [1.82, 2.24) is 0 Å². The number of aliphatic hydroxyl groups is 1. The molecule has 2 nitrogen and oxygen atoms in total. The first kappa shape index (κ1) is 32.5. The van der Waals surface area contributed by atoms with E-state index in [9.17, 15) is 79.7 Å². The van der Waals surface area contributed by atoms with Gasteiger partial charge in [0.05, 0.1) is 23.7 Å². The fraction of sp³-hybridized carbons (Fsp3) is 0.611. The average Bonchev–Trinajstić information content (AvgIpc) is 2.71. The Kier molecular flexibility index (Phi) is 7.70. The van der Waals surface area contributed by atoms with Crippen molar-refractivity contribution in [3.63, 3.8) is 0 Å². The van der Waals surface area contributed by atoms with Crippen molar-refractivity contribution in [2.45, 2.75) is 66.6 Å². The highest BCUT2D eigenvalue weighted by Crippen LogP contribution is 2.64. The van der Waals surface area contributed by atoms with Crippen molar-refractivity contribution in [3.05, 3.63) is 35.4 Å². The maximum Gasteiger partial charge on any atom is 0.460 e. The minimum Gasteiger partial charge on any atom is -0.385 e. The second-order valence-corrected chi connectivity index (χ2v) is 7.76. The zero-order chi connectivity index (χ0) is 29.9. The molecule has 0 amide bonds. The number of halogens is 17. The molecule has 1 aromatic rings. The lowest BCUT2D eigenvalue weighted by Gasteiger charge is -2.43. The molecule has 19 heteroatoms. The predicted octanol–water partition coefficient (Wildman–Crippen LogP) is 7.17. The molecule has 0 fully saturated rings. The van der Waals surface area contributed by atoms with Gasteiger partial charge >= 0.3 is 47.6 Å². The molecular weight excluding hydrogens is 569 g/mol. The van der Waals surface area contributed by atoms with Crippen molar-refractivity contribution < 1.29 is 79.7 Å². The van der Waals surface area contributed by atoms with E-state index in [-0.39, 0.29) is 6.92 Å². The molecule has 1 unspecified atom stereocenters. The van der Waals surface area contributed by atoms with Crippen LogP contribution in [-0.2, 0) is 5.60 Å². The molecule has 0 aromatic heterocycles. The van der Waals surface area contributed by atoms with E-state index in [1.54, 1.807) is 0 Å². The summed E-state index contributed by atoms with van der Waals surface area (Å²) >= 11 is 0. The number of hydrogen-bond donors (Lipinski definition) is 1. The molecule has 0 saturated heterocycles. The molecule has 1 N–H and O–H groups in total. The highest BCUT2D eigenvalue weighted by Gasteiger charge is 2.95. The molecule has 0 aliphatic heterocycles. The third-order valence-electron chi connectivity index (χ3n) is 4.98. The summed E-state index contributed by atoms with van der Waals surface area (Å²) in [6.45, 7) is 0.135. The Morgan fingerprint density at radius 2 is 0.973 bits per heavy atom. The van der Waals surface area contributed by atoms with Gasteiger partial charge in [-0.05, 0) is 13.0 Å². The van der Waals surface area contributed by atoms with E-state index < -0.39 is 70.8 Å². The Morgan fingerprint density at radius 3 is 1.35 bits per heavy atom. The summed E-state index contributed by atoms with van der Waals surface area (Å²) < 4.78 is 227. The molecule has 0 spiro atoms. The molecule has 0 heterocycles. The summed E-state index contributed by atoms with van der Waals surface area (Å²) in [6, 6.07) is 4.45. The zero-order valence-electron chi connectivity index (χ0n) is 17.3. The van der Waals surface area contributed by atoms with Gasteiger partial charge in [-0.2, -0.15) is 79.9 Å². The minimum atomic E-state index is -8.72. The van der Waals surface area contributed by atoms with Gasteiger partial charge in [-0.3, -0.25) is 0 Å². The monoisotopic (exact) mass is 579 g/mol. The van der Waals surface area contributed by atoms with E-state index in [4.69, 9.17) is 5.26 Å². The number of nitrogens with zero attached hydrogens (tertiary/aromatic N) is 1. The van der Waals surface area contributed by atoms with E-state index in [1.165, 1.54) is 6.07 Å². The van der Waals surface area contributed by atoms with Crippen molar-refractivity contribution in [2.75, 3.05) is 0 Å². The SMILES string of the molecule is CC(O)(CC(F)(F)C(F)(F)C(F)(F)C(F)(F)C(F)(F)C(F)(F)C(F)(F)C(F)(F)F)c1ccccc1C#N. The predicted molar refractivity (Wildman–Crippen MR) is 86.0 cm³/mol. The van der Waals surface area contributed by atoms with Gasteiger partial charge in [-0.15, -0.1) is 0 Å². The Balaban J connectivity index is 3.66. The van der Waals surface area contributed by atoms with Crippen LogP contribution in [-0.4, -0.2) is 52.7 Å². The lowest BCUT2D eigenvalue weighted by molar-refractivity contribution is -0.462. The van der Waals surface area contributed by atoms with E-state index in [0.717, 1.165) is 18.2 Å². The van der Waals surface area contributed by atoms with Crippen LogP contribution in [0.3, 0.4) is 0 Å². The van der Waals surface area contributed by atoms with Gasteiger partial charge in [0.2, 0.25) is 0 Å². The fourth-order valence-electron chi connectivity index (χ4n) is 2.89. The smallest absolute Gasteiger partial charge is 0.385 e. The number of benzene rings is 1. The van der Waals surface area contributed by atoms with Gasteiger partial charge in [0, 0.05) is 5.56 Å². The van der Waals surface area contributed by atoms with E-state index >= 15 is 0 Å². The maximum absolute atomic E-state index is 14.2. The van der Waals surface area contributed by atoms with E-state index in [2.05, 4.69) is 0 Å². The molecule has 1 rings (SSSR count). The van der Waals surface area contributed by atoms with Crippen LogP contribution in [0.25, 0.3) is 0 Å². The number of nitriles is 1. The molecule has 212 valence electrons. The number of alkyl halides is 17. The van der Waals surface area contributed by atoms with Gasteiger partial charge < -0.3 is 5.11 Å². The van der Waals surface area contributed by atoms with Crippen LogP contribution in [0.4, 0.5) is 74.6 Å². The van der Waals surface area contributed by atoms with Gasteiger partial charge in [0.25, 0.3) is 0 Å². The summed E-state index contributed by atoms with van der Waals surface area (Å²) in [4.78, 5) is 0. The summed E-state index contributed by atoms with van der Waals surface area (Å²) in [6.07, 6.45) is -10.9. The van der Waals surface area contributed by atoms with Crippen LogP contribution < -0.4 is 0 Å². The van der Waals surface area contributed by atoms with E-state index in [0.29, 0.717) is 6.07 Å². The van der Waals surface area contributed by atoms with Crippen molar-refractivity contribution >= 4 is 0 Å². The molecule has 1 aromatic carbocycles. The number of hydrogen-bond acceptors (Lipinski definition) is 2. The summed E-state index contributed by atoms with van der Waals surface area (Å²) in [5, 5.41) is 18.9. The second kappa shape index (κ2) is 8.76. The van der Waals surface area contributed by atoms with Gasteiger partial charge in [0.15, 0.2) is 0 Å². The minimum absolute atomic E-state index is 0.135. The largest absolute Gasteiger partial charge is 0.460 e. The molecule has 37 heavy (non-hydrogen) atoms. The Hall–Kier alpha value is -2.52. The molecule has 0 aliphatic carbocycles. The third kappa shape index (κ3) is 4.54. The standard InChI is InChI=1S/C18H10F17NO/c1-10(37,9-5-3-2-4-8(9)6-36)7-11(19,20)12(21,22)13(23,24)14(25,26)15(27,28)16(29,30)17(31,32)18(33,34)35/h2-5,37H,7H2,1H3. The number of rotatable bonds is 9. The van der Waals surface area contributed by atoms with Crippen LogP contribution in [0, 0.1) is 11.3 Å². The van der Waals surface area contributed by atoms with Crippen LogP contribution in [0.15, 0.2) is 24.3 Å². The Bertz CT molecular complexity index is 1040. The van der Waals surface area contributed by atoms with Crippen molar-refractivity contribution in [3.8, 4) is 6.07 Å². The first-order valence-electron chi connectivity index (χ1n) is 8.94. The zero-order valence-corrected chi connectivity index (χ0v) is 17.3. The third-order valence-corrected chi connectivity index (χ3v) is 4.98. The second-order valence-electron chi connectivity index (χ2n) is 7.76. The maximum atomic E-state index is 14.2. The average molecular weight is 579 g/mol. The summed E-state index contributed by atoms with van der Waals surface area (Å²) in [7, 11) is 0. The van der Waals surface area contributed by atoms with Gasteiger partial charge in [0.1, 0.15) is 0 Å². The molecule has 0 aliphatic rings. The van der Waals surface area contributed by atoms with E-state index in [1.807, 2.05) is 0 Å². The molecule has 0 saturated carbocycles. The Labute approximate surface area is 194 Å². The first-order valence-corrected chi connectivity index (χ1v) is 8.94. The normalized spacial score (nSPS) is 16.8. The Morgan fingerprint density at radius 1 is 0.622 bits per heavy atom. The molecule has 0 radical (unpaired) electrons. The summed E-state index contributed by atoms with van der Waals surface area (Å²) in [5.74, 6) is -57.4. The fourth-order valence-corrected chi connectivity index (χ4v) is 2.89. The highest BCUT2D eigenvalue weighted by molar-refractivity contribution is 5.41. The molecule has 0 bridgehead atoms. The summed E-state index contributed by atoms with van der Waals surface area (Å²) in [5.41, 5.74) is -5.32. The quantitative estimate of drug-likeness (QED) is 0.316. The van der Waals surface area contributed by atoms with Gasteiger partial charge in [-0.1, -0.05) is 18.2 Å². The first-order chi connectivity index (χ1) is 16.0. The van der Waals surface area contributed by atoms with Crippen LogP contribution in [0.5, 0.6) is 0 Å². The van der Waals surface area contributed by atoms with Crippen LogP contribution >= 0.6 is 0 Å². The highest BCUT2D eigenvalue weighted by atomic mass is 19.4. The van der Waals surface area contributed by atoms with Crippen molar-refractivity contribution in [1.29, 1.82) is 5.26 Å². The van der Waals surface area contributed by atoms with Gasteiger partial charge in [-0.25, -0.2) is 0 Å². The lowest BCUT2D eigenvalue weighted by Crippen LogP contribution is -2.74.